The molecule has 41 heavy (non-hydrogen) atoms. The highest BCUT2D eigenvalue weighted by molar-refractivity contribution is 8.00. The molecule has 208 valence electrons. The summed E-state index contributed by atoms with van der Waals surface area (Å²) in [7, 11) is 0. The lowest BCUT2D eigenvalue weighted by Gasteiger charge is -2.15. The van der Waals surface area contributed by atoms with Crippen LogP contribution in [0.2, 0.25) is 15.1 Å². The average molecular weight is 625 g/mol. The molecular formula is C31H24Cl3N3O3S. The Balaban J connectivity index is 1.48. The first-order chi connectivity index (χ1) is 19.7. The number of halogens is 3. The van der Waals surface area contributed by atoms with Gasteiger partial charge in [0.15, 0.2) is 0 Å². The number of carbonyl (C=O) groups is 3. The number of amides is 3. The number of thioether (sulfide) groups is 1. The van der Waals surface area contributed by atoms with Crippen LogP contribution in [0.25, 0.3) is 6.08 Å². The Morgan fingerprint density at radius 2 is 1.51 bits per heavy atom. The summed E-state index contributed by atoms with van der Waals surface area (Å²) in [4.78, 5) is 39.8. The van der Waals surface area contributed by atoms with Gasteiger partial charge in [0, 0.05) is 26.2 Å². The summed E-state index contributed by atoms with van der Waals surface area (Å²) in [5.74, 6) is -1.22. The number of rotatable bonds is 9. The van der Waals surface area contributed by atoms with Gasteiger partial charge in [0.05, 0.1) is 16.0 Å². The van der Waals surface area contributed by atoms with Crippen LogP contribution in [0.3, 0.4) is 0 Å². The number of hydrogen-bond acceptors (Lipinski definition) is 4. The quantitative estimate of drug-likeness (QED) is 0.129. The molecule has 0 aromatic heterocycles. The zero-order valence-corrected chi connectivity index (χ0v) is 24.7. The maximum absolute atomic E-state index is 13.4. The summed E-state index contributed by atoms with van der Waals surface area (Å²) in [6.45, 7) is 1.76. The topological polar surface area (TPSA) is 87.3 Å². The van der Waals surface area contributed by atoms with Crippen molar-refractivity contribution >= 4 is 81.7 Å². The van der Waals surface area contributed by atoms with Gasteiger partial charge in [-0.1, -0.05) is 71.2 Å². The molecule has 4 aromatic carbocycles. The minimum Gasteiger partial charge on any atom is -0.324 e. The largest absolute Gasteiger partial charge is 0.324 e. The third-order valence-corrected chi connectivity index (χ3v) is 7.54. The highest BCUT2D eigenvalue weighted by atomic mass is 35.5. The van der Waals surface area contributed by atoms with Crippen molar-refractivity contribution in [3.8, 4) is 0 Å². The molecule has 0 heterocycles. The summed E-state index contributed by atoms with van der Waals surface area (Å²) >= 11 is 19.6. The van der Waals surface area contributed by atoms with Crippen LogP contribution >= 0.6 is 46.6 Å². The predicted molar refractivity (Wildman–Crippen MR) is 169 cm³/mol. The fourth-order valence-corrected chi connectivity index (χ4v) is 5.10. The molecule has 1 atom stereocenters. The van der Waals surface area contributed by atoms with Gasteiger partial charge in [-0.15, -0.1) is 11.8 Å². The smallest absolute Gasteiger partial charge is 0.272 e. The van der Waals surface area contributed by atoms with Crippen LogP contribution in [0.1, 0.15) is 22.8 Å². The van der Waals surface area contributed by atoms with E-state index in [9.17, 15) is 14.4 Å². The van der Waals surface area contributed by atoms with Crippen LogP contribution < -0.4 is 16.0 Å². The van der Waals surface area contributed by atoms with Crippen molar-refractivity contribution in [1.82, 2.24) is 5.32 Å². The molecule has 4 aromatic rings. The molecule has 0 aliphatic carbocycles. The number of hydrogen-bond donors (Lipinski definition) is 3. The van der Waals surface area contributed by atoms with Gasteiger partial charge in [-0.2, -0.15) is 0 Å². The van der Waals surface area contributed by atoms with E-state index in [-0.39, 0.29) is 11.6 Å². The Kier molecular flexibility index (Phi) is 10.5. The Morgan fingerprint density at radius 1 is 0.780 bits per heavy atom. The average Bonchev–Trinajstić information content (AvgIpc) is 2.95. The van der Waals surface area contributed by atoms with Crippen LogP contribution in [0.5, 0.6) is 0 Å². The number of carbonyl (C=O) groups excluding carboxylic acids is 3. The van der Waals surface area contributed by atoms with Gasteiger partial charge in [-0.05, 0) is 79.2 Å². The second kappa shape index (κ2) is 14.2. The first-order valence-corrected chi connectivity index (χ1v) is 14.4. The Labute approximate surface area is 257 Å². The third kappa shape index (κ3) is 8.87. The molecule has 4 rings (SSSR count). The van der Waals surface area contributed by atoms with Crippen molar-refractivity contribution in [2.45, 2.75) is 17.1 Å². The van der Waals surface area contributed by atoms with Crippen molar-refractivity contribution in [2.75, 3.05) is 10.6 Å². The minimum atomic E-state index is -0.530. The molecule has 1 unspecified atom stereocenters. The fraction of sp³-hybridized carbons (Fsp3) is 0.0645. The highest BCUT2D eigenvalue weighted by Gasteiger charge is 2.18. The van der Waals surface area contributed by atoms with Crippen molar-refractivity contribution in [1.29, 1.82) is 0 Å². The van der Waals surface area contributed by atoms with Crippen molar-refractivity contribution in [3.05, 3.63) is 129 Å². The summed E-state index contributed by atoms with van der Waals surface area (Å²) < 4.78 is 0. The summed E-state index contributed by atoms with van der Waals surface area (Å²) in [5, 5.41) is 9.16. The van der Waals surface area contributed by atoms with E-state index in [2.05, 4.69) is 16.0 Å². The Bertz CT molecular complexity index is 1610. The van der Waals surface area contributed by atoms with Gasteiger partial charge < -0.3 is 16.0 Å². The highest BCUT2D eigenvalue weighted by Crippen LogP contribution is 2.29. The normalized spacial score (nSPS) is 11.9. The summed E-state index contributed by atoms with van der Waals surface area (Å²) in [6, 6.07) is 27.4. The zero-order valence-electron chi connectivity index (χ0n) is 21.7. The van der Waals surface area contributed by atoms with E-state index < -0.39 is 17.1 Å². The van der Waals surface area contributed by atoms with Gasteiger partial charge in [0.25, 0.3) is 11.8 Å². The fourth-order valence-electron chi connectivity index (χ4n) is 3.64. The maximum Gasteiger partial charge on any atom is 0.272 e. The predicted octanol–water partition coefficient (Wildman–Crippen LogP) is 8.18. The molecule has 0 aliphatic heterocycles. The Morgan fingerprint density at radius 3 is 2.27 bits per heavy atom. The lowest BCUT2D eigenvalue weighted by molar-refractivity contribution is -0.115. The molecule has 3 N–H and O–H groups in total. The van der Waals surface area contributed by atoms with E-state index in [0.29, 0.717) is 37.6 Å². The van der Waals surface area contributed by atoms with E-state index in [0.717, 1.165) is 4.90 Å². The summed E-state index contributed by atoms with van der Waals surface area (Å²) in [6.07, 6.45) is 1.55. The van der Waals surface area contributed by atoms with E-state index in [1.165, 1.54) is 11.8 Å². The number of nitrogens with one attached hydrogen (secondary N) is 3. The van der Waals surface area contributed by atoms with Crippen LogP contribution in [0.4, 0.5) is 11.4 Å². The number of anilines is 2. The lowest BCUT2D eigenvalue weighted by Crippen LogP contribution is -2.30. The Hall–Kier alpha value is -3.75. The van der Waals surface area contributed by atoms with E-state index >= 15 is 0 Å². The molecule has 0 bridgehead atoms. The van der Waals surface area contributed by atoms with Crippen LogP contribution in [-0.2, 0) is 9.59 Å². The molecule has 6 nitrogen and oxygen atoms in total. The molecule has 0 fully saturated rings. The molecule has 0 saturated carbocycles. The molecule has 10 heteroatoms. The lowest BCUT2D eigenvalue weighted by atomic mass is 10.1. The van der Waals surface area contributed by atoms with E-state index in [4.69, 9.17) is 34.8 Å². The zero-order chi connectivity index (χ0) is 29.4. The monoisotopic (exact) mass is 623 g/mol. The SMILES string of the molecule is CC(Sc1cccc(NC(=O)/C(=C/c2cccc(Cl)c2)NC(=O)c2ccccc2)c1)C(=O)Nc1cc(Cl)ccc1Cl. The third-order valence-electron chi connectivity index (χ3n) is 5.65. The van der Waals surface area contributed by atoms with Crippen LogP contribution in [0, 0.1) is 0 Å². The molecule has 0 radical (unpaired) electrons. The van der Waals surface area contributed by atoms with Crippen LogP contribution in [0.15, 0.2) is 108 Å². The summed E-state index contributed by atoms with van der Waals surface area (Å²) in [5.41, 5.74) is 1.98. The molecule has 3 amide bonds. The molecule has 0 spiro atoms. The van der Waals surface area contributed by atoms with Gasteiger partial charge >= 0.3 is 0 Å². The van der Waals surface area contributed by atoms with Gasteiger partial charge in [-0.3, -0.25) is 14.4 Å². The molecule has 0 saturated heterocycles. The van der Waals surface area contributed by atoms with E-state index in [1.807, 2.05) is 6.07 Å². The first-order valence-electron chi connectivity index (χ1n) is 12.4. The standard InChI is InChI=1S/C31H24Cl3N3O3S/c1-19(29(38)36-27-17-23(33)13-14-26(27)34)41-25-12-6-11-24(18-25)35-31(40)28(16-20-7-5-10-22(32)15-20)37-30(39)21-8-3-2-4-9-21/h2-19H,1H3,(H,35,40)(H,36,38)(H,37,39)/b28-16-. The minimum absolute atomic E-state index is 0.0327. The van der Waals surface area contributed by atoms with Gasteiger partial charge in [0.2, 0.25) is 5.91 Å². The maximum atomic E-state index is 13.4. The van der Waals surface area contributed by atoms with Crippen molar-refractivity contribution in [2.24, 2.45) is 0 Å². The number of benzene rings is 4. The second-order valence-electron chi connectivity index (χ2n) is 8.79. The van der Waals surface area contributed by atoms with Gasteiger partial charge in [-0.25, -0.2) is 0 Å². The molecular weight excluding hydrogens is 601 g/mol. The van der Waals surface area contributed by atoms with Crippen LogP contribution in [-0.4, -0.2) is 23.0 Å². The second-order valence-corrected chi connectivity index (χ2v) is 11.5. The molecule has 0 aliphatic rings. The first kappa shape index (κ1) is 30.2. The van der Waals surface area contributed by atoms with Crippen molar-refractivity contribution in [3.63, 3.8) is 0 Å². The van der Waals surface area contributed by atoms with Crippen molar-refractivity contribution < 1.29 is 14.4 Å². The van der Waals surface area contributed by atoms with Gasteiger partial charge in [0.1, 0.15) is 5.70 Å². The van der Waals surface area contributed by atoms with E-state index in [1.54, 1.807) is 104 Å².